The number of fused-ring (bicyclic) bond motifs is 1. The van der Waals surface area contributed by atoms with Gasteiger partial charge in [-0.1, -0.05) is 30.0 Å². The fourth-order valence-electron chi connectivity index (χ4n) is 3.27. The van der Waals surface area contributed by atoms with Crippen LogP contribution in [0.3, 0.4) is 0 Å². The molecular weight excluding hydrogens is 276 g/mol. The Labute approximate surface area is 131 Å². The molecule has 2 aliphatic rings. The summed E-state index contributed by atoms with van der Waals surface area (Å²) in [6, 6.07) is 9.74. The number of hydrogen-bond acceptors (Lipinski definition) is 3. The molecule has 2 aliphatic carbocycles. The topological polar surface area (TPSA) is 35.5 Å². The normalized spacial score (nSPS) is 25.9. The summed E-state index contributed by atoms with van der Waals surface area (Å²) in [5.41, 5.74) is 0.132. The van der Waals surface area contributed by atoms with E-state index in [-0.39, 0.29) is 11.7 Å². The highest BCUT2D eigenvalue weighted by Gasteiger charge is 2.63. The third-order valence-electron chi connectivity index (χ3n) is 4.31. The van der Waals surface area contributed by atoms with Crippen molar-refractivity contribution < 1.29 is 14.3 Å². The van der Waals surface area contributed by atoms with Crippen LogP contribution in [-0.4, -0.2) is 19.0 Å². The molecule has 2 atom stereocenters. The summed E-state index contributed by atoms with van der Waals surface area (Å²) >= 11 is 0. The Morgan fingerprint density at radius 1 is 1.14 bits per heavy atom. The van der Waals surface area contributed by atoms with Crippen LogP contribution in [0.5, 0.6) is 0 Å². The highest BCUT2D eigenvalue weighted by molar-refractivity contribution is 5.98. The quantitative estimate of drug-likeness (QED) is 0.800. The number of hydrogen-bond donors (Lipinski definition) is 0. The van der Waals surface area contributed by atoms with Crippen LogP contribution in [0.15, 0.2) is 41.9 Å². The second-order valence-corrected chi connectivity index (χ2v) is 5.57. The lowest BCUT2D eigenvalue weighted by Gasteiger charge is -2.39. The lowest BCUT2D eigenvalue weighted by atomic mass is 9.60. The molecule has 0 aromatic heterocycles. The van der Waals surface area contributed by atoms with E-state index < -0.39 is 5.41 Å². The van der Waals surface area contributed by atoms with Crippen LogP contribution in [-0.2, 0) is 14.3 Å². The highest BCUT2D eigenvalue weighted by atomic mass is 16.5. The minimum absolute atomic E-state index is 0.152. The number of benzene rings is 1. The molecule has 0 radical (unpaired) electrons. The van der Waals surface area contributed by atoms with Crippen molar-refractivity contribution in [3.63, 3.8) is 0 Å². The van der Waals surface area contributed by atoms with Gasteiger partial charge in [-0.3, -0.25) is 4.79 Å². The van der Waals surface area contributed by atoms with Gasteiger partial charge in [0.2, 0.25) is 0 Å². The Hall–Kier alpha value is -2.21. The molecule has 0 aliphatic heterocycles. The Morgan fingerprint density at radius 3 is 2.50 bits per heavy atom. The molecule has 0 saturated heterocycles. The number of allylic oxidation sites excluding steroid dienone is 2. The van der Waals surface area contributed by atoms with E-state index in [9.17, 15) is 4.79 Å². The van der Waals surface area contributed by atoms with Crippen molar-refractivity contribution in [2.45, 2.75) is 26.7 Å². The summed E-state index contributed by atoms with van der Waals surface area (Å²) in [6.45, 7) is 4.96. The van der Waals surface area contributed by atoms with Gasteiger partial charge in [-0.05, 0) is 26.0 Å². The summed E-state index contributed by atoms with van der Waals surface area (Å²) < 4.78 is 11.5. The average Bonchev–Trinajstić information content (AvgIpc) is 2.76. The van der Waals surface area contributed by atoms with Crippen LogP contribution in [0.4, 0.5) is 0 Å². The fourth-order valence-corrected chi connectivity index (χ4v) is 3.27. The van der Waals surface area contributed by atoms with Crippen molar-refractivity contribution in [1.29, 1.82) is 0 Å². The first kappa shape index (κ1) is 14.7. The van der Waals surface area contributed by atoms with E-state index in [1.165, 1.54) is 0 Å². The Balaban J connectivity index is 2.01. The standard InChI is InChI=1S/C19H20O3/c1-3-21-16-12-15-13-17(20)19(15,18(16)22-4-2)11-10-14-8-6-5-7-9-14/h5-9,15H,3-4,12-13H2,1-2H3/t15-,19-/m0/s1. The molecule has 0 heterocycles. The van der Waals surface area contributed by atoms with Gasteiger partial charge in [-0.25, -0.2) is 0 Å². The lowest BCUT2D eigenvalue weighted by molar-refractivity contribution is -0.138. The highest BCUT2D eigenvalue weighted by Crippen LogP contribution is 2.58. The molecule has 0 N–H and O–H groups in total. The number of ether oxygens (including phenoxy) is 2. The van der Waals surface area contributed by atoms with Crippen LogP contribution in [0.2, 0.25) is 0 Å². The molecule has 1 saturated carbocycles. The first-order chi connectivity index (χ1) is 10.7. The summed E-state index contributed by atoms with van der Waals surface area (Å²) in [4.78, 5) is 12.4. The third kappa shape index (κ3) is 2.20. The van der Waals surface area contributed by atoms with Gasteiger partial charge in [0, 0.05) is 24.3 Å². The SMILES string of the molecule is CCOC1=C(OCC)[C@]2(C#Cc3ccccc3)C(=O)C[C@@H]2C1. The monoisotopic (exact) mass is 296 g/mol. The van der Waals surface area contributed by atoms with Crippen LogP contribution in [0.25, 0.3) is 0 Å². The first-order valence-corrected chi connectivity index (χ1v) is 7.83. The molecule has 22 heavy (non-hydrogen) atoms. The summed E-state index contributed by atoms with van der Waals surface area (Å²) in [5.74, 6) is 8.18. The minimum atomic E-state index is -0.781. The van der Waals surface area contributed by atoms with Crippen molar-refractivity contribution in [1.82, 2.24) is 0 Å². The lowest BCUT2D eigenvalue weighted by Crippen LogP contribution is -2.48. The number of carbonyl (C=O) groups is 1. The third-order valence-corrected chi connectivity index (χ3v) is 4.31. The second-order valence-electron chi connectivity index (χ2n) is 5.57. The van der Waals surface area contributed by atoms with Gasteiger partial charge >= 0.3 is 0 Å². The van der Waals surface area contributed by atoms with Crippen molar-refractivity contribution >= 4 is 5.78 Å². The predicted octanol–water partition coefficient (Wildman–Crippen LogP) is 3.30. The van der Waals surface area contributed by atoms with Crippen LogP contribution < -0.4 is 0 Å². The van der Waals surface area contributed by atoms with Gasteiger partial charge in [-0.15, -0.1) is 0 Å². The molecule has 0 unspecified atom stereocenters. The van der Waals surface area contributed by atoms with Crippen LogP contribution >= 0.6 is 0 Å². The maximum atomic E-state index is 12.4. The molecule has 3 heteroatoms. The second kappa shape index (κ2) is 5.88. The number of rotatable bonds is 4. The number of Topliss-reactive ketones (excluding diaryl/α,β-unsaturated/α-hetero) is 1. The van der Waals surface area contributed by atoms with Gasteiger partial charge in [-0.2, -0.15) is 0 Å². The van der Waals surface area contributed by atoms with Gasteiger partial charge in [0.25, 0.3) is 0 Å². The Kier molecular flexibility index (Phi) is 3.94. The van der Waals surface area contributed by atoms with E-state index in [4.69, 9.17) is 9.47 Å². The summed E-state index contributed by atoms with van der Waals surface area (Å²) in [5, 5.41) is 0. The molecule has 0 bridgehead atoms. The minimum Gasteiger partial charge on any atom is -0.495 e. The van der Waals surface area contributed by atoms with E-state index >= 15 is 0 Å². The van der Waals surface area contributed by atoms with E-state index in [0.29, 0.717) is 25.4 Å². The molecule has 3 rings (SSSR count). The van der Waals surface area contributed by atoms with Gasteiger partial charge in [0.15, 0.2) is 17.0 Å². The van der Waals surface area contributed by atoms with Gasteiger partial charge < -0.3 is 9.47 Å². The van der Waals surface area contributed by atoms with Crippen LogP contribution in [0.1, 0.15) is 32.3 Å². The van der Waals surface area contributed by atoms with Crippen molar-refractivity contribution in [3.8, 4) is 11.8 Å². The molecular formula is C19H20O3. The average molecular weight is 296 g/mol. The molecule has 1 aromatic carbocycles. The van der Waals surface area contributed by atoms with Crippen molar-refractivity contribution in [2.75, 3.05) is 13.2 Å². The Bertz CT molecular complexity index is 663. The van der Waals surface area contributed by atoms with Gasteiger partial charge in [0.1, 0.15) is 5.76 Å². The maximum Gasteiger partial charge on any atom is 0.159 e. The van der Waals surface area contributed by atoms with Crippen molar-refractivity contribution in [2.24, 2.45) is 11.3 Å². The Morgan fingerprint density at radius 2 is 1.86 bits per heavy atom. The molecule has 0 spiro atoms. The van der Waals surface area contributed by atoms with E-state index in [0.717, 1.165) is 17.7 Å². The smallest absolute Gasteiger partial charge is 0.159 e. The number of carbonyl (C=O) groups excluding carboxylic acids is 1. The van der Waals surface area contributed by atoms with Gasteiger partial charge in [0.05, 0.1) is 13.2 Å². The molecule has 114 valence electrons. The zero-order valence-corrected chi connectivity index (χ0v) is 13.0. The van der Waals surface area contributed by atoms with Crippen LogP contribution in [0, 0.1) is 23.2 Å². The van der Waals surface area contributed by atoms with E-state index in [1.54, 1.807) is 0 Å². The molecule has 1 aromatic rings. The number of ketones is 1. The molecule has 1 fully saturated rings. The largest absolute Gasteiger partial charge is 0.495 e. The fraction of sp³-hybridized carbons (Fsp3) is 0.421. The van der Waals surface area contributed by atoms with E-state index in [1.807, 2.05) is 44.2 Å². The van der Waals surface area contributed by atoms with Crippen molar-refractivity contribution in [3.05, 3.63) is 47.4 Å². The van der Waals surface area contributed by atoms with E-state index in [2.05, 4.69) is 11.8 Å². The first-order valence-electron chi connectivity index (χ1n) is 7.83. The molecule has 0 amide bonds. The maximum absolute atomic E-state index is 12.4. The predicted molar refractivity (Wildman–Crippen MR) is 83.8 cm³/mol. The zero-order valence-electron chi connectivity index (χ0n) is 13.0. The summed E-state index contributed by atoms with van der Waals surface area (Å²) in [6.07, 6.45) is 1.31. The summed E-state index contributed by atoms with van der Waals surface area (Å²) in [7, 11) is 0. The molecule has 3 nitrogen and oxygen atoms in total. The zero-order chi connectivity index (χ0) is 15.6.